The fourth-order valence-corrected chi connectivity index (χ4v) is 5.21. The maximum Gasteiger partial charge on any atom is 0.347 e. The van der Waals surface area contributed by atoms with Crippen LogP contribution < -0.4 is 9.47 Å². The third kappa shape index (κ3) is 11.5. The Kier molecular flexibility index (Phi) is 14.7. The minimum Gasteiger partial charge on any atom is -0.494 e. The molecular weight excluding hydrogens is 604 g/mol. The highest BCUT2D eigenvalue weighted by atomic mass is 79.9. The van der Waals surface area contributed by atoms with Crippen molar-refractivity contribution in [3.8, 4) is 11.5 Å². The number of benzene rings is 2. The highest BCUT2D eigenvalue weighted by Gasteiger charge is 2.22. The van der Waals surface area contributed by atoms with Crippen molar-refractivity contribution in [3.05, 3.63) is 56.5 Å². The predicted molar refractivity (Wildman–Crippen MR) is 152 cm³/mol. The van der Waals surface area contributed by atoms with E-state index in [1.807, 2.05) is 37.3 Å². The molecular formula is C29H38Br2O6. The molecule has 1 unspecified atom stereocenters. The molecule has 0 heterocycles. The van der Waals surface area contributed by atoms with Crippen LogP contribution in [0, 0.1) is 0 Å². The van der Waals surface area contributed by atoms with Crippen LogP contribution in [0.5, 0.6) is 11.5 Å². The van der Waals surface area contributed by atoms with Gasteiger partial charge < -0.3 is 18.9 Å². The first-order valence-corrected chi connectivity index (χ1v) is 14.6. The monoisotopic (exact) mass is 640 g/mol. The van der Waals surface area contributed by atoms with Crippen LogP contribution in [0.3, 0.4) is 0 Å². The van der Waals surface area contributed by atoms with Gasteiger partial charge in [-0.05, 0) is 81.3 Å². The van der Waals surface area contributed by atoms with Gasteiger partial charge in [-0.15, -0.1) is 0 Å². The summed E-state index contributed by atoms with van der Waals surface area (Å²) in [4.78, 5) is 24.4. The van der Waals surface area contributed by atoms with Crippen LogP contribution in [0.1, 0.15) is 70.4 Å². The minimum absolute atomic E-state index is 0.238. The normalized spacial score (nSPS) is 11.6. The molecule has 0 fully saturated rings. The maximum absolute atomic E-state index is 12.3. The molecule has 204 valence electrons. The number of carbonyl (C=O) groups excluding carboxylic acids is 2. The van der Waals surface area contributed by atoms with Crippen LogP contribution in [-0.2, 0) is 31.9 Å². The van der Waals surface area contributed by atoms with Crippen molar-refractivity contribution in [2.24, 2.45) is 0 Å². The number of hydrogen-bond donors (Lipinski definition) is 0. The lowest BCUT2D eigenvalue weighted by molar-refractivity contribution is -0.151. The zero-order chi connectivity index (χ0) is 27.0. The van der Waals surface area contributed by atoms with E-state index in [0.717, 1.165) is 57.9 Å². The SMILES string of the molecule is CCOC(=O)CCc1c(CCCCCCOc2cc(Br)cc(Br)c2)cccc1OC(CC)C(=O)OCC. The third-order valence-electron chi connectivity index (χ3n) is 5.75. The highest BCUT2D eigenvalue weighted by Crippen LogP contribution is 2.28. The molecule has 0 aliphatic carbocycles. The van der Waals surface area contributed by atoms with Crippen molar-refractivity contribution in [3.63, 3.8) is 0 Å². The highest BCUT2D eigenvalue weighted by molar-refractivity contribution is 9.11. The van der Waals surface area contributed by atoms with Crippen LogP contribution in [0.25, 0.3) is 0 Å². The van der Waals surface area contributed by atoms with Crippen molar-refractivity contribution in [2.75, 3.05) is 19.8 Å². The molecule has 1 atom stereocenters. The van der Waals surface area contributed by atoms with Crippen molar-refractivity contribution in [1.29, 1.82) is 0 Å². The summed E-state index contributed by atoms with van der Waals surface area (Å²) in [5.74, 6) is 0.870. The number of rotatable bonds is 17. The molecule has 37 heavy (non-hydrogen) atoms. The first-order valence-electron chi connectivity index (χ1n) is 13.1. The lowest BCUT2D eigenvalue weighted by Crippen LogP contribution is -2.29. The van der Waals surface area contributed by atoms with E-state index in [1.54, 1.807) is 13.8 Å². The number of carbonyl (C=O) groups is 2. The number of unbranched alkanes of at least 4 members (excludes halogenated alkanes) is 3. The Bertz CT molecular complexity index is 974. The molecule has 0 spiro atoms. The molecule has 0 radical (unpaired) electrons. The van der Waals surface area contributed by atoms with Crippen LogP contribution >= 0.6 is 31.9 Å². The summed E-state index contributed by atoms with van der Waals surface area (Å²) >= 11 is 6.96. The number of esters is 2. The van der Waals surface area contributed by atoms with Gasteiger partial charge in [0, 0.05) is 15.4 Å². The number of ether oxygens (including phenoxy) is 4. The largest absolute Gasteiger partial charge is 0.494 e. The van der Waals surface area contributed by atoms with E-state index in [9.17, 15) is 9.59 Å². The summed E-state index contributed by atoms with van der Waals surface area (Å²) in [5, 5.41) is 0. The van der Waals surface area contributed by atoms with Crippen molar-refractivity contribution >= 4 is 43.8 Å². The topological polar surface area (TPSA) is 71.1 Å². The molecule has 0 saturated carbocycles. The van der Waals surface area contributed by atoms with Gasteiger partial charge in [0.2, 0.25) is 0 Å². The summed E-state index contributed by atoms with van der Waals surface area (Å²) in [6.45, 7) is 6.80. The Labute approximate surface area is 237 Å². The Morgan fingerprint density at radius 1 is 0.865 bits per heavy atom. The number of hydrogen-bond acceptors (Lipinski definition) is 6. The Morgan fingerprint density at radius 3 is 2.24 bits per heavy atom. The zero-order valence-corrected chi connectivity index (χ0v) is 25.2. The van der Waals surface area contributed by atoms with Gasteiger partial charge >= 0.3 is 11.9 Å². The molecule has 2 aromatic rings. The van der Waals surface area contributed by atoms with E-state index >= 15 is 0 Å². The number of halogens is 2. The summed E-state index contributed by atoms with van der Waals surface area (Å²) in [6, 6.07) is 11.8. The minimum atomic E-state index is -0.678. The van der Waals surface area contributed by atoms with Crippen LogP contribution in [0.4, 0.5) is 0 Å². The fraction of sp³-hybridized carbons (Fsp3) is 0.517. The second kappa shape index (κ2) is 17.4. The lowest BCUT2D eigenvalue weighted by Gasteiger charge is -2.20. The molecule has 0 amide bonds. The molecule has 0 N–H and O–H groups in total. The summed E-state index contributed by atoms with van der Waals surface area (Å²) in [7, 11) is 0. The molecule has 0 aliphatic rings. The van der Waals surface area contributed by atoms with Crippen molar-refractivity contribution in [1.82, 2.24) is 0 Å². The Balaban J connectivity index is 1.95. The molecule has 0 bridgehead atoms. The van der Waals surface area contributed by atoms with E-state index in [-0.39, 0.29) is 18.4 Å². The van der Waals surface area contributed by atoms with Crippen LogP contribution in [0.2, 0.25) is 0 Å². The average molecular weight is 642 g/mol. The van der Waals surface area contributed by atoms with Gasteiger partial charge in [-0.25, -0.2) is 4.79 Å². The first-order chi connectivity index (χ1) is 17.9. The van der Waals surface area contributed by atoms with Crippen LogP contribution in [-0.4, -0.2) is 37.9 Å². The first kappa shape index (κ1) is 31.2. The summed E-state index contributed by atoms with van der Waals surface area (Å²) < 4.78 is 24.2. The fourth-order valence-electron chi connectivity index (χ4n) is 3.96. The summed E-state index contributed by atoms with van der Waals surface area (Å²) in [6.07, 6.45) is 5.55. The van der Waals surface area contributed by atoms with E-state index in [4.69, 9.17) is 18.9 Å². The van der Waals surface area contributed by atoms with Crippen LogP contribution in [0.15, 0.2) is 45.3 Å². The van der Waals surface area contributed by atoms with E-state index in [2.05, 4.69) is 37.9 Å². The van der Waals surface area contributed by atoms with Gasteiger partial charge in [0.05, 0.1) is 19.8 Å². The molecule has 8 heteroatoms. The number of aryl methyl sites for hydroxylation is 1. The molecule has 0 aliphatic heterocycles. The third-order valence-corrected chi connectivity index (χ3v) is 6.66. The standard InChI is InChI=1S/C29H38Br2O6/c1-4-26(29(33)35-6-3)37-27-14-11-13-21(25(27)15-16-28(32)34-5-2)12-9-7-8-10-17-36-24-19-22(30)18-23(31)20-24/h11,13-14,18-20,26H,4-10,12,15-17H2,1-3H3. The van der Waals surface area contributed by atoms with Gasteiger partial charge in [0.15, 0.2) is 6.10 Å². The molecule has 0 aromatic heterocycles. The predicted octanol–water partition coefficient (Wildman–Crippen LogP) is 7.61. The summed E-state index contributed by atoms with van der Waals surface area (Å²) in [5.41, 5.74) is 2.10. The van der Waals surface area contributed by atoms with E-state index < -0.39 is 6.10 Å². The smallest absolute Gasteiger partial charge is 0.347 e. The van der Waals surface area contributed by atoms with Crippen molar-refractivity contribution in [2.45, 2.75) is 78.2 Å². The molecule has 6 nitrogen and oxygen atoms in total. The lowest BCUT2D eigenvalue weighted by atomic mass is 9.96. The van der Waals surface area contributed by atoms with Gasteiger partial charge in [-0.2, -0.15) is 0 Å². The van der Waals surface area contributed by atoms with Gasteiger partial charge in [-0.1, -0.05) is 63.8 Å². The Hall–Kier alpha value is -2.06. The average Bonchev–Trinajstić information content (AvgIpc) is 2.85. The Morgan fingerprint density at radius 2 is 1.57 bits per heavy atom. The van der Waals surface area contributed by atoms with Gasteiger partial charge in [-0.3, -0.25) is 4.79 Å². The van der Waals surface area contributed by atoms with Gasteiger partial charge in [0.25, 0.3) is 0 Å². The molecule has 2 rings (SSSR count). The maximum atomic E-state index is 12.3. The quantitative estimate of drug-likeness (QED) is 0.131. The second-order valence-corrected chi connectivity index (χ2v) is 10.4. The molecule has 2 aromatic carbocycles. The van der Waals surface area contributed by atoms with Crippen molar-refractivity contribution < 1.29 is 28.5 Å². The zero-order valence-electron chi connectivity index (χ0n) is 22.0. The molecule has 0 saturated heterocycles. The van der Waals surface area contributed by atoms with Gasteiger partial charge in [0.1, 0.15) is 11.5 Å². The van der Waals surface area contributed by atoms with E-state index in [0.29, 0.717) is 38.4 Å². The second-order valence-electron chi connectivity index (χ2n) is 8.58. The van der Waals surface area contributed by atoms with E-state index in [1.165, 1.54) is 0 Å².